The van der Waals surface area contributed by atoms with Gasteiger partial charge in [0, 0.05) is 19.6 Å². The van der Waals surface area contributed by atoms with Crippen LogP contribution in [0.1, 0.15) is 12.0 Å². The molecular weight excluding hydrogens is 319 g/mol. The van der Waals surface area contributed by atoms with Gasteiger partial charge < -0.3 is 15.0 Å². The van der Waals surface area contributed by atoms with Crippen LogP contribution in [0.25, 0.3) is 0 Å². The van der Waals surface area contributed by atoms with Gasteiger partial charge in [-0.05, 0) is 42.2 Å². The first-order valence-electron chi connectivity index (χ1n) is 8.55. The summed E-state index contributed by atoms with van der Waals surface area (Å²) in [7, 11) is 1.68. The van der Waals surface area contributed by atoms with Crippen LogP contribution < -0.4 is 15.0 Å². The van der Waals surface area contributed by atoms with Crippen molar-refractivity contribution in [3.8, 4) is 5.75 Å². The van der Waals surface area contributed by atoms with Crippen LogP contribution in [0.15, 0.2) is 48.5 Å². The van der Waals surface area contributed by atoms with E-state index in [-0.39, 0.29) is 18.1 Å². The number of nitrogens with zero attached hydrogens (tertiary/aromatic N) is 1. The lowest BCUT2D eigenvalue weighted by molar-refractivity contribution is -0.120. The predicted octanol–water partition coefficient (Wildman–Crippen LogP) is 3.02. The molecule has 0 spiro atoms. The number of halogens is 1. The van der Waals surface area contributed by atoms with E-state index in [2.05, 4.69) is 16.3 Å². The van der Waals surface area contributed by atoms with Crippen LogP contribution >= 0.6 is 0 Å². The van der Waals surface area contributed by atoms with Gasteiger partial charge in [0.05, 0.1) is 19.2 Å². The second kappa shape index (κ2) is 8.01. The minimum Gasteiger partial charge on any atom is -0.495 e. The molecule has 1 heterocycles. The highest BCUT2D eigenvalue weighted by Gasteiger charge is 2.24. The molecule has 1 N–H and O–H groups in total. The Hall–Kier alpha value is -2.56. The lowest BCUT2D eigenvalue weighted by atomic mass is 10.1. The van der Waals surface area contributed by atoms with Crippen molar-refractivity contribution in [3.63, 3.8) is 0 Å². The number of amides is 1. The Balaban J connectivity index is 1.48. The van der Waals surface area contributed by atoms with Gasteiger partial charge >= 0.3 is 0 Å². The van der Waals surface area contributed by atoms with Crippen LogP contribution in [0.5, 0.6) is 5.75 Å². The molecule has 5 heteroatoms. The van der Waals surface area contributed by atoms with Crippen LogP contribution in [0, 0.1) is 11.7 Å². The summed E-state index contributed by atoms with van der Waals surface area (Å²) in [5.74, 6) is 0.986. The number of benzene rings is 2. The van der Waals surface area contributed by atoms with Crippen molar-refractivity contribution in [2.45, 2.75) is 12.8 Å². The smallest absolute Gasteiger partial charge is 0.224 e. The first kappa shape index (κ1) is 17.3. The van der Waals surface area contributed by atoms with Gasteiger partial charge in [0.2, 0.25) is 5.91 Å². The van der Waals surface area contributed by atoms with E-state index in [0.29, 0.717) is 12.5 Å². The number of carbonyl (C=O) groups excluding carboxylic acids is 1. The number of carbonyl (C=O) groups is 1. The molecule has 1 amide bonds. The number of ether oxygens (including phenoxy) is 1. The minimum atomic E-state index is -0.286. The van der Waals surface area contributed by atoms with E-state index in [0.717, 1.165) is 36.5 Å². The number of methoxy groups -OCH3 is 1. The SMILES string of the molecule is COc1ccccc1N1CC[C@@H](CNC(=O)Cc2ccc(F)cc2)C1. The highest BCUT2D eigenvalue weighted by molar-refractivity contribution is 5.78. The molecule has 0 unspecified atom stereocenters. The first-order chi connectivity index (χ1) is 12.2. The molecule has 0 radical (unpaired) electrons. The topological polar surface area (TPSA) is 41.6 Å². The number of rotatable bonds is 6. The third kappa shape index (κ3) is 4.50. The highest BCUT2D eigenvalue weighted by Crippen LogP contribution is 2.31. The molecule has 132 valence electrons. The molecule has 1 atom stereocenters. The van der Waals surface area contributed by atoms with E-state index in [9.17, 15) is 9.18 Å². The first-order valence-corrected chi connectivity index (χ1v) is 8.55. The van der Waals surface area contributed by atoms with Crippen molar-refractivity contribution in [3.05, 3.63) is 59.9 Å². The summed E-state index contributed by atoms with van der Waals surface area (Å²) >= 11 is 0. The number of hydrogen-bond acceptors (Lipinski definition) is 3. The lowest BCUT2D eigenvalue weighted by Crippen LogP contribution is -2.32. The second-order valence-electron chi connectivity index (χ2n) is 6.38. The Labute approximate surface area is 147 Å². The van der Waals surface area contributed by atoms with E-state index in [4.69, 9.17) is 4.74 Å². The maximum absolute atomic E-state index is 12.9. The fourth-order valence-corrected chi connectivity index (χ4v) is 3.22. The van der Waals surface area contributed by atoms with Gasteiger partial charge in [0.25, 0.3) is 0 Å². The largest absolute Gasteiger partial charge is 0.495 e. The molecule has 3 rings (SSSR count). The van der Waals surface area contributed by atoms with Crippen molar-refractivity contribution >= 4 is 11.6 Å². The molecule has 2 aromatic rings. The molecule has 25 heavy (non-hydrogen) atoms. The normalized spacial score (nSPS) is 16.7. The predicted molar refractivity (Wildman–Crippen MR) is 96.4 cm³/mol. The summed E-state index contributed by atoms with van der Waals surface area (Å²) in [6.07, 6.45) is 1.32. The standard InChI is InChI=1S/C20H23FN2O2/c1-25-19-5-3-2-4-18(19)23-11-10-16(14-23)13-22-20(24)12-15-6-8-17(21)9-7-15/h2-9,16H,10-14H2,1H3,(H,22,24)/t16-/m0/s1. The van der Waals surface area contributed by atoms with Gasteiger partial charge in [-0.2, -0.15) is 0 Å². The zero-order valence-corrected chi connectivity index (χ0v) is 14.4. The molecule has 1 saturated heterocycles. The fourth-order valence-electron chi connectivity index (χ4n) is 3.22. The summed E-state index contributed by atoms with van der Waals surface area (Å²) in [5.41, 5.74) is 1.92. The Morgan fingerprint density at radius 1 is 1.24 bits per heavy atom. The molecule has 1 aliphatic heterocycles. The third-order valence-corrected chi connectivity index (χ3v) is 4.58. The zero-order valence-electron chi connectivity index (χ0n) is 14.4. The minimum absolute atomic E-state index is 0.0256. The number of para-hydroxylation sites is 2. The van der Waals surface area contributed by atoms with Crippen LogP contribution in [-0.2, 0) is 11.2 Å². The van der Waals surface area contributed by atoms with Crippen LogP contribution in [0.2, 0.25) is 0 Å². The molecule has 2 aromatic carbocycles. The van der Waals surface area contributed by atoms with Gasteiger partial charge in [-0.15, -0.1) is 0 Å². The zero-order chi connectivity index (χ0) is 17.6. The third-order valence-electron chi connectivity index (χ3n) is 4.58. The number of anilines is 1. The summed E-state index contributed by atoms with van der Waals surface area (Å²) < 4.78 is 18.3. The van der Waals surface area contributed by atoms with Gasteiger partial charge in [0.15, 0.2) is 0 Å². The van der Waals surface area contributed by atoms with Crippen molar-refractivity contribution in [2.75, 3.05) is 31.6 Å². The van der Waals surface area contributed by atoms with Crippen LogP contribution in [0.4, 0.5) is 10.1 Å². The van der Waals surface area contributed by atoms with Crippen LogP contribution in [-0.4, -0.2) is 32.7 Å². The lowest BCUT2D eigenvalue weighted by Gasteiger charge is -2.21. The molecule has 0 bridgehead atoms. The molecule has 0 saturated carbocycles. The molecule has 4 nitrogen and oxygen atoms in total. The monoisotopic (exact) mass is 342 g/mol. The van der Waals surface area contributed by atoms with E-state index in [1.165, 1.54) is 12.1 Å². The van der Waals surface area contributed by atoms with E-state index in [1.54, 1.807) is 19.2 Å². The molecule has 1 aliphatic rings. The molecule has 1 fully saturated rings. The summed E-state index contributed by atoms with van der Waals surface area (Å²) in [5, 5.41) is 3.00. The maximum Gasteiger partial charge on any atom is 0.224 e. The molecule has 0 aliphatic carbocycles. The summed E-state index contributed by atoms with van der Waals surface area (Å²) in [6, 6.07) is 14.1. The van der Waals surface area contributed by atoms with Gasteiger partial charge in [-0.1, -0.05) is 24.3 Å². The Bertz CT molecular complexity index is 718. The van der Waals surface area contributed by atoms with Crippen molar-refractivity contribution < 1.29 is 13.9 Å². The Kier molecular flexibility index (Phi) is 5.53. The maximum atomic E-state index is 12.9. The van der Waals surface area contributed by atoms with Crippen molar-refractivity contribution in [1.82, 2.24) is 5.32 Å². The van der Waals surface area contributed by atoms with Crippen LogP contribution in [0.3, 0.4) is 0 Å². The molecular formula is C20H23FN2O2. The van der Waals surface area contributed by atoms with Crippen molar-refractivity contribution in [1.29, 1.82) is 0 Å². The van der Waals surface area contributed by atoms with E-state index < -0.39 is 0 Å². The van der Waals surface area contributed by atoms with Gasteiger partial charge in [0.1, 0.15) is 11.6 Å². The van der Waals surface area contributed by atoms with Gasteiger partial charge in [-0.25, -0.2) is 4.39 Å². The Morgan fingerprint density at radius 3 is 2.76 bits per heavy atom. The fraction of sp³-hybridized carbons (Fsp3) is 0.350. The van der Waals surface area contributed by atoms with E-state index >= 15 is 0 Å². The summed E-state index contributed by atoms with van der Waals surface area (Å²) in [4.78, 5) is 14.4. The quantitative estimate of drug-likeness (QED) is 0.877. The number of hydrogen-bond donors (Lipinski definition) is 1. The molecule has 0 aromatic heterocycles. The second-order valence-corrected chi connectivity index (χ2v) is 6.38. The Morgan fingerprint density at radius 2 is 2.00 bits per heavy atom. The average molecular weight is 342 g/mol. The van der Waals surface area contributed by atoms with Gasteiger partial charge in [-0.3, -0.25) is 4.79 Å². The summed E-state index contributed by atoms with van der Waals surface area (Å²) in [6.45, 7) is 2.52. The number of nitrogens with one attached hydrogen (secondary N) is 1. The average Bonchev–Trinajstić information content (AvgIpc) is 3.11. The van der Waals surface area contributed by atoms with Crippen molar-refractivity contribution in [2.24, 2.45) is 5.92 Å². The van der Waals surface area contributed by atoms with E-state index in [1.807, 2.05) is 18.2 Å². The highest BCUT2D eigenvalue weighted by atomic mass is 19.1.